The molecule has 1 amide bonds. The Balaban J connectivity index is 4.20. The van der Waals surface area contributed by atoms with Crippen LogP contribution in [0.15, 0.2) is 109 Å². The van der Waals surface area contributed by atoms with Gasteiger partial charge in [-0.15, -0.1) is 0 Å². The van der Waals surface area contributed by atoms with E-state index in [9.17, 15) is 19.4 Å². The monoisotopic (exact) mass is 1070 g/mol. The normalized spacial score (nSPS) is 14.6. The van der Waals surface area contributed by atoms with Gasteiger partial charge in [0.15, 0.2) is 0 Å². The third-order valence-electron chi connectivity index (χ3n) is 13.2. The van der Waals surface area contributed by atoms with Crippen molar-refractivity contribution in [2.75, 3.05) is 40.9 Å². The molecule has 0 aromatic heterocycles. The molecule has 3 unspecified atom stereocenters. The quantitative estimate of drug-likeness (QED) is 0.0243. The van der Waals surface area contributed by atoms with Crippen molar-refractivity contribution in [1.29, 1.82) is 0 Å². The van der Waals surface area contributed by atoms with Crippen LogP contribution >= 0.6 is 7.82 Å². The summed E-state index contributed by atoms with van der Waals surface area (Å²) in [6.45, 7) is 4.69. The topological polar surface area (TPSA) is 105 Å². The Bertz CT molecular complexity index is 1590. The average molecular weight is 1070 g/mol. The molecule has 0 rings (SSSR count). The number of unbranched alkanes of at least 4 members (excludes halogenated alkanes) is 26. The Morgan fingerprint density at radius 2 is 0.813 bits per heavy atom. The highest BCUT2D eigenvalue weighted by Gasteiger charge is 2.27. The van der Waals surface area contributed by atoms with E-state index < -0.39 is 20.0 Å². The van der Waals surface area contributed by atoms with E-state index in [0.29, 0.717) is 17.4 Å². The molecule has 0 aromatic carbocycles. The predicted molar refractivity (Wildman–Crippen MR) is 327 cm³/mol. The lowest BCUT2D eigenvalue weighted by atomic mass is 10.0. The van der Waals surface area contributed by atoms with Crippen LogP contribution in [0.25, 0.3) is 0 Å². The fourth-order valence-corrected chi connectivity index (χ4v) is 9.19. The van der Waals surface area contributed by atoms with Gasteiger partial charge in [-0.3, -0.25) is 13.8 Å². The molecule has 0 aromatic rings. The van der Waals surface area contributed by atoms with Crippen LogP contribution in [-0.4, -0.2) is 73.4 Å². The zero-order valence-electron chi connectivity index (χ0n) is 49.3. The van der Waals surface area contributed by atoms with Gasteiger partial charge in [0.2, 0.25) is 5.91 Å². The molecule has 0 aliphatic carbocycles. The van der Waals surface area contributed by atoms with Crippen LogP contribution in [0.5, 0.6) is 0 Å². The van der Waals surface area contributed by atoms with E-state index in [1.54, 1.807) is 6.08 Å². The van der Waals surface area contributed by atoms with Crippen LogP contribution in [0.3, 0.4) is 0 Å². The highest BCUT2D eigenvalue weighted by Crippen LogP contribution is 2.43. The third-order valence-corrected chi connectivity index (χ3v) is 14.2. The molecule has 9 heteroatoms. The second-order valence-corrected chi connectivity index (χ2v) is 23.1. The number of aliphatic hydroxyl groups is 1. The molecule has 0 bridgehead atoms. The number of aliphatic hydroxyl groups excluding tert-OH is 1. The molecule has 0 aliphatic rings. The van der Waals surface area contributed by atoms with Crippen molar-refractivity contribution in [2.24, 2.45) is 0 Å². The summed E-state index contributed by atoms with van der Waals surface area (Å²) in [5, 5.41) is 13.9. The van der Waals surface area contributed by atoms with Gasteiger partial charge in [-0.05, 0) is 89.9 Å². The van der Waals surface area contributed by atoms with Gasteiger partial charge in [0, 0.05) is 6.42 Å². The highest BCUT2D eigenvalue weighted by atomic mass is 31.2. The molecule has 0 saturated carbocycles. The lowest BCUT2D eigenvalue weighted by Gasteiger charge is -2.25. The number of nitrogens with zero attached hydrogens (tertiary/aromatic N) is 1. The molecule has 432 valence electrons. The van der Waals surface area contributed by atoms with Gasteiger partial charge in [0.25, 0.3) is 0 Å². The van der Waals surface area contributed by atoms with E-state index in [0.717, 1.165) is 83.5 Å². The molecule has 3 N–H and O–H groups in total. The maximum atomic E-state index is 13.0. The van der Waals surface area contributed by atoms with Crippen molar-refractivity contribution in [3.05, 3.63) is 109 Å². The summed E-state index contributed by atoms with van der Waals surface area (Å²) >= 11 is 0. The van der Waals surface area contributed by atoms with Crippen molar-refractivity contribution >= 4 is 13.7 Å². The van der Waals surface area contributed by atoms with E-state index in [1.807, 2.05) is 27.2 Å². The lowest BCUT2D eigenvalue weighted by Crippen LogP contribution is -2.45. The first-order valence-corrected chi connectivity index (χ1v) is 32.3. The van der Waals surface area contributed by atoms with Gasteiger partial charge in [-0.25, -0.2) is 4.57 Å². The van der Waals surface area contributed by atoms with Crippen molar-refractivity contribution in [1.82, 2.24) is 5.32 Å². The van der Waals surface area contributed by atoms with E-state index in [1.165, 1.54) is 148 Å². The fourth-order valence-electron chi connectivity index (χ4n) is 8.45. The van der Waals surface area contributed by atoms with Crippen LogP contribution in [-0.2, 0) is 18.4 Å². The van der Waals surface area contributed by atoms with Crippen LogP contribution in [0, 0.1) is 0 Å². The smallest absolute Gasteiger partial charge is 0.387 e. The average Bonchev–Trinajstić information content (AvgIpc) is 3.37. The summed E-state index contributed by atoms with van der Waals surface area (Å²) < 4.78 is 23.7. The molecule has 0 heterocycles. The number of rotatable bonds is 55. The number of nitrogens with one attached hydrogen (secondary N) is 1. The van der Waals surface area contributed by atoms with Crippen LogP contribution < -0.4 is 5.32 Å². The summed E-state index contributed by atoms with van der Waals surface area (Å²) in [5.74, 6) is -0.193. The first-order chi connectivity index (χ1) is 36.5. The summed E-state index contributed by atoms with van der Waals surface area (Å²) in [5.41, 5.74) is 0. The van der Waals surface area contributed by atoms with Gasteiger partial charge < -0.3 is 19.8 Å². The molecular formula is C66H118N2O6P+. The number of phosphoric acid groups is 1. The number of quaternary nitrogens is 1. The van der Waals surface area contributed by atoms with Crippen LogP contribution in [0.2, 0.25) is 0 Å². The largest absolute Gasteiger partial charge is 0.472 e. The summed E-state index contributed by atoms with van der Waals surface area (Å²) in [6.07, 6.45) is 82.0. The molecule has 0 saturated heterocycles. The molecule has 8 nitrogen and oxygen atoms in total. The highest BCUT2D eigenvalue weighted by molar-refractivity contribution is 7.47. The number of likely N-dealkylation sites (N-methyl/N-ethyl adjacent to an activating group) is 1. The Labute approximate surface area is 463 Å². The van der Waals surface area contributed by atoms with Gasteiger partial charge in [-0.2, -0.15) is 0 Å². The number of hydrogen-bond acceptors (Lipinski definition) is 5. The number of carbonyl (C=O) groups excluding carboxylic acids is 1. The zero-order chi connectivity index (χ0) is 54.9. The van der Waals surface area contributed by atoms with Crippen molar-refractivity contribution in [3.8, 4) is 0 Å². The third kappa shape index (κ3) is 58.7. The first-order valence-electron chi connectivity index (χ1n) is 30.8. The minimum atomic E-state index is -4.36. The molecule has 0 radical (unpaired) electrons. The molecule has 0 aliphatic heterocycles. The van der Waals surface area contributed by atoms with Crippen LogP contribution in [0.1, 0.15) is 251 Å². The lowest BCUT2D eigenvalue weighted by molar-refractivity contribution is -0.870. The van der Waals surface area contributed by atoms with Crippen molar-refractivity contribution in [3.63, 3.8) is 0 Å². The Hall–Kier alpha value is -2.84. The zero-order valence-corrected chi connectivity index (χ0v) is 50.1. The predicted octanol–water partition coefficient (Wildman–Crippen LogP) is 19.2. The van der Waals surface area contributed by atoms with E-state index >= 15 is 0 Å². The maximum Gasteiger partial charge on any atom is 0.472 e. The molecule has 75 heavy (non-hydrogen) atoms. The minimum absolute atomic E-state index is 0.0510. The summed E-state index contributed by atoms with van der Waals surface area (Å²) in [7, 11) is 1.54. The Kier molecular flexibility index (Phi) is 53.8. The standard InChI is InChI=1S/C66H117N2O6P/c1-6-8-10-12-14-16-18-20-22-24-26-28-29-30-31-32-33-34-35-36-37-38-39-40-42-44-46-48-50-52-54-56-58-60-66(70)67-64(63-74-75(71,72)73-62-61-68(3,4)5)65(69)59-57-55-53-51-49-47-45-43-41-27-25-23-21-19-17-15-13-11-9-7-2/h8,10,14,16,20,22,26,28,30-31,33-34,36-37,49,51,57,59,64-65,69H,6-7,9,11-13,15,17-19,21,23-25,27,29,32,35,38-48,50,52-56,58,60-63H2,1-5H3,(H-,67,70,71,72)/p+1/b10-8-,16-14-,22-20-,28-26-,31-30-,34-33-,37-36-,51-49+,59-57+. The number of phosphoric ester groups is 1. The van der Waals surface area contributed by atoms with Gasteiger partial charge in [-0.1, -0.05) is 264 Å². The van der Waals surface area contributed by atoms with Crippen LogP contribution in [0.4, 0.5) is 0 Å². The SMILES string of the molecule is CC/C=C\C/C=C\C/C=C\C/C=C\C/C=C\C/C=C\C/C=C\CCCCCCCCCCCCCC(=O)NC(COP(=O)(O)OCC[N+](C)(C)C)C(O)/C=C/CC/C=C/CCCCCCCCCCCCCCCC. The minimum Gasteiger partial charge on any atom is -0.387 e. The second-order valence-electron chi connectivity index (χ2n) is 21.7. The van der Waals surface area contributed by atoms with Gasteiger partial charge in [0.05, 0.1) is 39.9 Å². The number of hydrogen-bond donors (Lipinski definition) is 3. The van der Waals surface area contributed by atoms with Gasteiger partial charge >= 0.3 is 7.82 Å². The van der Waals surface area contributed by atoms with Crippen molar-refractivity contribution < 1.29 is 32.9 Å². The van der Waals surface area contributed by atoms with Crippen molar-refractivity contribution in [2.45, 2.75) is 264 Å². The first kappa shape index (κ1) is 72.2. The summed E-state index contributed by atoms with van der Waals surface area (Å²) in [6, 6.07) is -0.873. The van der Waals surface area contributed by atoms with E-state index in [-0.39, 0.29) is 19.1 Å². The Morgan fingerprint density at radius 3 is 1.23 bits per heavy atom. The number of carbonyl (C=O) groups is 1. The molecule has 0 spiro atoms. The second kappa shape index (κ2) is 55.9. The van der Waals surface area contributed by atoms with E-state index in [2.05, 4.69) is 116 Å². The molecule has 3 atom stereocenters. The number of allylic oxidation sites excluding steroid dienone is 17. The Morgan fingerprint density at radius 1 is 0.467 bits per heavy atom. The van der Waals surface area contributed by atoms with Gasteiger partial charge in [0.1, 0.15) is 13.2 Å². The maximum absolute atomic E-state index is 13.0. The summed E-state index contributed by atoms with van der Waals surface area (Å²) in [4.78, 5) is 23.3. The fraction of sp³-hybridized carbons (Fsp3) is 0.712. The molecular weight excluding hydrogens is 948 g/mol. The molecule has 0 fully saturated rings. The number of amides is 1. The van der Waals surface area contributed by atoms with E-state index in [4.69, 9.17) is 9.05 Å².